The molecule has 0 fully saturated rings. The first-order chi connectivity index (χ1) is 10.1. The molecule has 1 aromatic heterocycles. The number of methoxy groups -OCH3 is 1. The maximum absolute atomic E-state index is 12.0. The van der Waals surface area contributed by atoms with Crippen LogP contribution in [0.25, 0.3) is 0 Å². The third kappa shape index (κ3) is 5.84. The molecule has 118 valence electrons. The Kier molecular flexibility index (Phi) is 7.99. The van der Waals surface area contributed by atoms with Crippen molar-refractivity contribution >= 4 is 27.6 Å². The van der Waals surface area contributed by atoms with Crippen LogP contribution in [-0.2, 0) is 20.8 Å². The Bertz CT molecular complexity index is 519. The van der Waals surface area contributed by atoms with Gasteiger partial charge in [-0.3, -0.25) is 9.59 Å². The summed E-state index contributed by atoms with van der Waals surface area (Å²) in [5, 5.41) is 6.99. The summed E-state index contributed by atoms with van der Waals surface area (Å²) in [4.78, 5) is 23.1. The average Bonchev–Trinajstić information content (AvgIpc) is 2.49. The summed E-state index contributed by atoms with van der Waals surface area (Å²) >= 11 is 3.21. The highest BCUT2D eigenvalue weighted by Gasteiger charge is 2.11. The lowest BCUT2D eigenvalue weighted by Gasteiger charge is -2.10. The topological polar surface area (TPSA) is 82.4 Å². The number of anilines is 1. The van der Waals surface area contributed by atoms with Crippen molar-refractivity contribution in [1.29, 1.82) is 0 Å². The molecule has 0 amide bonds. The molecule has 8 heteroatoms. The third-order valence-corrected chi connectivity index (χ3v) is 3.46. The molecule has 1 N–H and O–H groups in total. The molecule has 0 unspecified atom stereocenters. The molecule has 0 atom stereocenters. The Balaban J connectivity index is 2.55. The molecule has 0 saturated carbocycles. The van der Waals surface area contributed by atoms with Crippen molar-refractivity contribution in [3.05, 3.63) is 21.0 Å². The zero-order valence-corrected chi connectivity index (χ0v) is 13.8. The average molecular weight is 362 g/mol. The minimum Gasteiger partial charge on any atom is -0.468 e. The molecule has 1 aromatic rings. The van der Waals surface area contributed by atoms with Gasteiger partial charge in [-0.1, -0.05) is 13.3 Å². The Morgan fingerprint density at radius 1 is 1.48 bits per heavy atom. The van der Waals surface area contributed by atoms with E-state index in [2.05, 4.69) is 38.0 Å². The van der Waals surface area contributed by atoms with Crippen molar-refractivity contribution in [1.82, 2.24) is 9.78 Å². The van der Waals surface area contributed by atoms with Crippen LogP contribution in [0.15, 0.2) is 15.5 Å². The van der Waals surface area contributed by atoms with Crippen LogP contribution in [0.4, 0.5) is 5.69 Å². The maximum atomic E-state index is 12.0. The van der Waals surface area contributed by atoms with Gasteiger partial charge in [0, 0.05) is 13.2 Å². The van der Waals surface area contributed by atoms with Crippen LogP contribution in [-0.4, -0.2) is 42.6 Å². The Morgan fingerprint density at radius 3 is 2.90 bits per heavy atom. The van der Waals surface area contributed by atoms with Gasteiger partial charge in [-0.15, -0.1) is 0 Å². The molecule has 0 radical (unpaired) electrons. The van der Waals surface area contributed by atoms with E-state index in [4.69, 9.17) is 4.74 Å². The number of carbonyl (C=O) groups excluding carboxylic acids is 1. The van der Waals surface area contributed by atoms with Crippen LogP contribution in [0, 0.1) is 0 Å². The number of ether oxygens (including phenoxy) is 2. The first-order valence-electron chi connectivity index (χ1n) is 6.74. The Labute approximate surface area is 131 Å². The van der Waals surface area contributed by atoms with Gasteiger partial charge >= 0.3 is 5.97 Å². The molecular weight excluding hydrogens is 342 g/mol. The first kappa shape index (κ1) is 17.6. The van der Waals surface area contributed by atoms with Crippen molar-refractivity contribution in [2.45, 2.75) is 26.3 Å². The molecule has 1 heterocycles. The number of halogens is 1. The van der Waals surface area contributed by atoms with Crippen LogP contribution in [0.2, 0.25) is 0 Å². The highest BCUT2D eigenvalue weighted by molar-refractivity contribution is 9.10. The second-order valence-electron chi connectivity index (χ2n) is 4.30. The predicted octanol–water partition coefficient (Wildman–Crippen LogP) is 1.41. The van der Waals surface area contributed by atoms with Crippen LogP contribution < -0.4 is 10.9 Å². The van der Waals surface area contributed by atoms with E-state index in [1.165, 1.54) is 13.3 Å². The first-order valence-corrected chi connectivity index (χ1v) is 7.53. The van der Waals surface area contributed by atoms with E-state index in [0.29, 0.717) is 23.3 Å². The molecule has 0 aliphatic heterocycles. The highest BCUT2D eigenvalue weighted by atomic mass is 79.9. The van der Waals surface area contributed by atoms with E-state index in [9.17, 15) is 9.59 Å². The summed E-state index contributed by atoms with van der Waals surface area (Å²) in [7, 11) is 1.26. The fraction of sp³-hybridized carbons (Fsp3) is 0.615. The smallest absolute Gasteiger partial charge is 0.327 e. The van der Waals surface area contributed by atoms with Gasteiger partial charge in [0.25, 0.3) is 5.56 Å². The van der Waals surface area contributed by atoms with Crippen LogP contribution in [0.1, 0.15) is 19.8 Å². The minimum atomic E-state index is -0.526. The fourth-order valence-corrected chi connectivity index (χ4v) is 1.94. The SMILES string of the molecule is CCCCOCCNc1cnn(CC(=O)OC)c(=O)c1Br. The molecule has 1 rings (SSSR count). The van der Waals surface area contributed by atoms with Crippen molar-refractivity contribution in [2.24, 2.45) is 0 Å². The number of nitrogens with one attached hydrogen (secondary N) is 1. The molecule has 0 saturated heterocycles. The Morgan fingerprint density at radius 2 is 2.24 bits per heavy atom. The van der Waals surface area contributed by atoms with Crippen molar-refractivity contribution in [3.8, 4) is 0 Å². The minimum absolute atomic E-state index is 0.214. The van der Waals surface area contributed by atoms with Gasteiger partial charge < -0.3 is 14.8 Å². The van der Waals surface area contributed by atoms with Gasteiger partial charge in [-0.2, -0.15) is 5.10 Å². The second kappa shape index (κ2) is 9.51. The van der Waals surface area contributed by atoms with Gasteiger partial charge in [0.1, 0.15) is 11.0 Å². The quantitative estimate of drug-likeness (QED) is 0.528. The lowest BCUT2D eigenvalue weighted by atomic mass is 10.4. The zero-order valence-electron chi connectivity index (χ0n) is 12.2. The second-order valence-corrected chi connectivity index (χ2v) is 5.10. The normalized spacial score (nSPS) is 10.4. The van der Waals surface area contributed by atoms with E-state index in [0.717, 1.165) is 24.1 Å². The monoisotopic (exact) mass is 361 g/mol. The summed E-state index contributed by atoms with van der Waals surface area (Å²) < 4.78 is 11.3. The molecule has 0 spiro atoms. The summed E-state index contributed by atoms with van der Waals surface area (Å²) in [6.07, 6.45) is 3.62. The molecule has 7 nitrogen and oxygen atoms in total. The van der Waals surface area contributed by atoms with E-state index in [1.54, 1.807) is 0 Å². The summed E-state index contributed by atoms with van der Waals surface area (Å²) in [6.45, 7) is 3.75. The molecular formula is C13H20BrN3O4. The van der Waals surface area contributed by atoms with Crippen molar-refractivity contribution in [2.75, 3.05) is 32.2 Å². The Hall–Kier alpha value is -1.41. The highest BCUT2D eigenvalue weighted by Crippen LogP contribution is 2.15. The number of nitrogens with zero attached hydrogens (tertiary/aromatic N) is 2. The molecule has 0 bridgehead atoms. The molecule has 0 aliphatic carbocycles. The lowest BCUT2D eigenvalue weighted by Crippen LogP contribution is -2.28. The van der Waals surface area contributed by atoms with Gasteiger partial charge in [-0.05, 0) is 22.4 Å². The summed E-state index contributed by atoms with van der Waals surface area (Å²) in [6, 6.07) is 0. The van der Waals surface area contributed by atoms with Gasteiger partial charge in [0.2, 0.25) is 0 Å². The van der Waals surface area contributed by atoms with Gasteiger partial charge in [0.05, 0.1) is 25.6 Å². The number of hydrogen-bond acceptors (Lipinski definition) is 6. The number of carbonyl (C=O) groups is 1. The lowest BCUT2D eigenvalue weighted by molar-refractivity contribution is -0.141. The zero-order chi connectivity index (χ0) is 15.7. The van der Waals surface area contributed by atoms with Gasteiger partial charge in [-0.25, -0.2) is 4.68 Å². The van der Waals surface area contributed by atoms with E-state index in [1.807, 2.05) is 0 Å². The van der Waals surface area contributed by atoms with Crippen molar-refractivity contribution < 1.29 is 14.3 Å². The fourth-order valence-electron chi connectivity index (χ4n) is 1.49. The predicted molar refractivity (Wildman–Crippen MR) is 82.4 cm³/mol. The number of aromatic nitrogens is 2. The summed E-state index contributed by atoms with van der Waals surface area (Å²) in [5.74, 6) is -0.526. The molecule has 0 aliphatic rings. The number of unbranched alkanes of at least 4 members (excludes halogenated alkanes) is 1. The number of esters is 1. The van der Waals surface area contributed by atoms with E-state index in [-0.39, 0.29) is 6.54 Å². The van der Waals surface area contributed by atoms with E-state index >= 15 is 0 Å². The van der Waals surface area contributed by atoms with Crippen LogP contribution >= 0.6 is 15.9 Å². The number of rotatable bonds is 9. The third-order valence-electron chi connectivity index (χ3n) is 2.70. The van der Waals surface area contributed by atoms with Crippen LogP contribution in [0.5, 0.6) is 0 Å². The standard InChI is InChI=1S/C13H20BrN3O4/c1-3-4-6-21-7-5-15-10-8-16-17(9-11(18)20-2)13(19)12(10)14/h8,15H,3-7,9H2,1-2H3. The largest absolute Gasteiger partial charge is 0.468 e. The summed E-state index contributed by atoms with van der Waals surface area (Å²) in [5.41, 5.74) is 0.178. The molecule has 0 aromatic carbocycles. The van der Waals surface area contributed by atoms with Crippen molar-refractivity contribution in [3.63, 3.8) is 0 Å². The molecule has 21 heavy (non-hydrogen) atoms. The van der Waals surface area contributed by atoms with E-state index < -0.39 is 11.5 Å². The van der Waals surface area contributed by atoms with Crippen LogP contribution in [0.3, 0.4) is 0 Å². The van der Waals surface area contributed by atoms with Gasteiger partial charge in [0.15, 0.2) is 0 Å². The maximum Gasteiger partial charge on any atom is 0.327 e. The number of hydrogen-bond donors (Lipinski definition) is 1.